The minimum Gasteiger partial charge on any atom is -0.497 e. The van der Waals surface area contributed by atoms with E-state index in [0.29, 0.717) is 5.56 Å². The van der Waals surface area contributed by atoms with Crippen LogP contribution in [-0.4, -0.2) is 7.11 Å². The van der Waals surface area contributed by atoms with Crippen molar-refractivity contribution in [2.24, 2.45) is 0 Å². The second kappa shape index (κ2) is 6.53. The third-order valence-electron chi connectivity index (χ3n) is 3.47. The number of hydrogen-bond acceptors (Lipinski definition) is 2. The maximum atomic E-state index is 13.8. The van der Waals surface area contributed by atoms with Gasteiger partial charge in [-0.25, -0.2) is 4.39 Å². The second-order valence-corrected chi connectivity index (χ2v) is 4.91. The molecule has 2 rings (SSSR count). The molecule has 0 bridgehead atoms. The van der Waals surface area contributed by atoms with Crippen LogP contribution in [0.1, 0.15) is 37.1 Å². The van der Waals surface area contributed by atoms with Gasteiger partial charge in [0.05, 0.1) is 7.11 Å². The van der Waals surface area contributed by atoms with Gasteiger partial charge in [-0.05, 0) is 37.6 Å². The molecule has 0 spiro atoms. The Balaban J connectivity index is 2.11. The Hall–Kier alpha value is -1.87. The van der Waals surface area contributed by atoms with Gasteiger partial charge in [-0.3, -0.25) is 0 Å². The molecule has 0 aliphatic rings. The molecule has 106 valence electrons. The molecule has 2 aromatic rings. The Bertz CT molecular complexity index is 570. The number of nitrogens with one attached hydrogen (secondary N) is 1. The summed E-state index contributed by atoms with van der Waals surface area (Å²) < 4.78 is 19.0. The smallest absolute Gasteiger partial charge is 0.127 e. The molecule has 20 heavy (non-hydrogen) atoms. The van der Waals surface area contributed by atoms with Crippen LogP contribution in [0.3, 0.4) is 0 Å². The van der Waals surface area contributed by atoms with Crippen LogP contribution in [0.15, 0.2) is 48.5 Å². The van der Waals surface area contributed by atoms with E-state index in [1.807, 2.05) is 43.3 Å². The van der Waals surface area contributed by atoms with Crippen molar-refractivity contribution >= 4 is 0 Å². The molecule has 3 heteroatoms. The summed E-state index contributed by atoms with van der Waals surface area (Å²) in [6.07, 6.45) is 0. The van der Waals surface area contributed by atoms with E-state index in [1.165, 1.54) is 6.07 Å². The average Bonchev–Trinajstić information content (AvgIpc) is 2.47. The highest BCUT2D eigenvalue weighted by Crippen LogP contribution is 2.23. The van der Waals surface area contributed by atoms with E-state index in [4.69, 9.17) is 4.74 Å². The number of rotatable bonds is 5. The Labute approximate surface area is 119 Å². The Morgan fingerprint density at radius 3 is 2.45 bits per heavy atom. The van der Waals surface area contributed by atoms with E-state index in [2.05, 4.69) is 12.2 Å². The number of benzene rings is 2. The SMILES string of the molecule is COc1cccc([C@H](C)NC(C)c2ccccc2F)c1. The molecule has 0 aliphatic heterocycles. The third kappa shape index (κ3) is 3.36. The van der Waals surface area contributed by atoms with E-state index < -0.39 is 0 Å². The van der Waals surface area contributed by atoms with Crippen molar-refractivity contribution in [1.29, 1.82) is 0 Å². The van der Waals surface area contributed by atoms with Gasteiger partial charge in [0, 0.05) is 17.6 Å². The predicted octanol–water partition coefficient (Wildman–Crippen LogP) is 4.25. The lowest BCUT2D eigenvalue weighted by Gasteiger charge is -2.21. The van der Waals surface area contributed by atoms with Gasteiger partial charge in [0.25, 0.3) is 0 Å². The van der Waals surface area contributed by atoms with Gasteiger partial charge in [-0.1, -0.05) is 30.3 Å². The van der Waals surface area contributed by atoms with E-state index in [1.54, 1.807) is 13.2 Å². The van der Waals surface area contributed by atoms with Gasteiger partial charge in [0.1, 0.15) is 11.6 Å². The van der Waals surface area contributed by atoms with Gasteiger partial charge < -0.3 is 10.1 Å². The monoisotopic (exact) mass is 273 g/mol. The molecule has 2 aromatic carbocycles. The fourth-order valence-corrected chi connectivity index (χ4v) is 2.30. The largest absolute Gasteiger partial charge is 0.497 e. The molecule has 1 unspecified atom stereocenters. The van der Waals surface area contributed by atoms with E-state index in [9.17, 15) is 4.39 Å². The summed E-state index contributed by atoms with van der Waals surface area (Å²) in [5.41, 5.74) is 1.80. The minimum atomic E-state index is -0.176. The summed E-state index contributed by atoms with van der Waals surface area (Å²) >= 11 is 0. The van der Waals surface area contributed by atoms with Crippen LogP contribution >= 0.6 is 0 Å². The fraction of sp³-hybridized carbons (Fsp3) is 0.294. The Morgan fingerprint density at radius 2 is 1.75 bits per heavy atom. The van der Waals surface area contributed by atoms with Crippen molar-refractivity contribution in [3.8, 4) is 5.75 Å². The topological polar surface area (TPSA) is 21.3 Å². The van der Waals surface area contributed by atoms with Gasteiger partial charge in [0.2, 0.25) is 0 Å². The lowest BCUT2D eigenvalue weighted by atomic mass is 10.0. The van der Waals surface area contributed by atoms with Gasteiger partial charge in [0.15, 0.2) is 0 Å². The lowest BCUT2D eigenvalue weighted by molar-refractivity contribution is 0.412. The van der Waals surface area contributed by atoms with Crippen molar-refractivity contribution in [2.75, 3.05) is 7.11 Å². The first-order valence-corrected chi connectivity index (χ1v) is 6.76. The molecule has 0 amide bonds. The van der Waals surface area contributed by atoms with Crippen molar-refractivity contribution < 1.29 is 9.13 Å². The number of ether oxygens (including phenoxy) is 1. The van der Waals surface area contributed by atoms with E-state index in [-0.39, 0.29) is 17.9 Å². The first kappa shape index (κ1) is 14.5. The van der Waals surface area contributed by atoms with Crippen LogP contribution in [-0.2, 0) is 0 Å². The minimum absolute atomic E-state index is 0.0580. The first-order chi connectivity index (χ1) is 9.61. The second-order valence-electron chi connectivity index (χ2n) is 4.91. The zero-order chi connectivity index (χ0) is 14.5. The lowest BCUT2D eigenvalue weighted by Crippen LogP contribution is -2.23. The summed E-state index contributed by atoms with van der Waals surface area (Å²) in [6.45, 7) is 4.03. The van der Waals surface area contributed by atoms with Gasteiger partial charge in [-0.2, -0.15) is 0 Å². The first-order valence-electron chi connectivity index (χ1n) is 6.76. The summed E-state index contributed by atoms with van der Waals surface area (Å²) in [6, 6.07) is 14.8. The maximum Gasteiger partial charge on any atom is 0.127 e. The van der Waals surface area contributed by atoms with Crippen molar-refractivity contribution in [3.63, 3.8) is 0 Å². The van der Waals surface area contributed by atoms with Gasteiger partial charge >= 0.3 is 0 Å². The average molecular weight is 273 g/mol. The van der Waals surface area contributed by atoms with E-state index in [0.717, 1.165) is 11.3 Å². The molecule has 0 radical (unpaired) electrons. The zero-order valence-corrected chi connectivity index (χ0v) is 12.1. The molecule has 0 saturated heterocycles. The third-order valence-corrected chi connectivity index (χ3v) is 3.47. The van der Waals surface area contributed by atoms with Crippen LogP contribution in [0.2, 0.25) is 0 Å². The molecule has 0 aliphatic carbocycles. The van der Waals surface area contributed by atoms with E-state index >= 15 is 0 Å². The zero-order valence-electron chi connectivity index (χ0n) is 12.1. The van der Waals surface area contributed by atoms with Crippen molar-refractivity contribution in [1.82, 2.24) is 5.32 Å². The van der Waals surface area contributed by atoms with Crippen molar-refractivity contribution in [2.45, 2.75) is 25.9 Å². The molecule has 0 heterocycles. The summed E-state index contributed by atoms with van der Waals surface area (Å²) in [5.74, 6) is 0.653. The number of hydrogen-bond donors (Lipinski definition) is 1. The molecular weight excluding hydrogens is 253 g/mol. The van der Waals surface area contributed by atoms with Crippen LogP contribution in [0, 0.1) is 5.82 Å². The highest BCUT2D eigenvalue weighted by atomic mass is 19.1. The number of methoxy groups -OCH3 is 1. The van der Waals surface area contributed by atoms with Crippen LogP contribution in [0.4, 0.5) is 4.39 Å². The maximum absolute atomic E-state index is 13.8. The van der Waals surface area contributed by atoms with Crippen LogP contribution < -0.4 is 10.1 Å². The molecule has 0 saturated carbocycles. The summed E-state index contributed by atoms with van der Waals surface area (Å²) in [5, 5.41) is 3.41. The van der Waals surface area contributed by atoms with Crippen molar-refractivity contribution in [3.05, 3.63) is 65.5 Å². The normalized spacial score (nSPS) is 13.8. The molecular formula is C17H20FNO. The fourth-order valence-electron chi connectivity index (χ4n) is 2.30. The van der Waals surface area contributed by atoms with Crippen LogP contribution in [0.25, 0.3) is 0 Å². The Morgan fingerprint density at radius 1 is 1.00 bits per heavy atom. The van der Waals surface area contributed by atoms with Crippen LogP contribution in [0.5, 0.6) is 5.75 Å². The summed E-state index contributed by atoms with van der Waals surface area (Å²) in [7, 11) is 1.65. The number of halogens is 1. The quantitative estimate of drug-likeness (QED) is 0.879. The molecule has 0 fully saturated rings. The Kier molecular flexibility index (Phi) is 4.74. The highest BCUT2D eigenvalue weighted by Gasteiger charge is 2.14. The summed E-state index contributed by atoms with van der Waals surface area (Å²) in [4.78, 5) is 0. The molecule has 2 atom stereocenters. The standard InChI is InChI=1S/C17H20FNO/c1-12(14-7-6-8-15(11-14)20-3)19-13(2)16-9-4-5-10-17(16)18/h4-13,19H,1-3H3/t12-,13?/m0/s1. The predicted molar refractivity (Wildman–Crippen MR) is 79.4 cm³/mol. The molecule has 2 nitrogen and oxygen atoms in total. The molecule has 1 N–H and O–H groups in total. The highest BCUT2D eigenvalue weighted by molar-refractivity contribution is 5.30. The van der Waals surface area contributed by atoms with Gasteiger partial charge in [-0.15, -0.1) is 0 Å². The molecule has 0 aromatic heterocycles.